The summed E-state index contributed by atoms with van der Waals surface area (Å²) in [5.74, 6) is 2.23. The summed E-state index contributed by atoms with van der Waals surface area (Å²) in [5, 5.41) is 3.18. The summed E-state index contributed by atoms with van der Waals surface area (Å²) in [6.45, 7) is 1.76. The minimum atomic E-state index is 0.248. The van der Waals surface area contributed by atoms with Gasteiger partial charge in [0.2, 0.25) is 11.9 Å². The molecule has 0 aliphatic carbocycles. The molecule has 0 amide bonds. The molecule has 1 unspecified atom stereocenters. The molecule has 0 saturated carbocycles. The van der Waals surface area contributed by atoms with E-state index in [0.29, 0.717) is 11.8 Å². The highest BCUT2D eigenvalue weighted by Crippen LogP contribution is 2.31. The smallest absolute Gasteiger partial charge is 0.228 e. The predicted molar refractivity (Wildman–Crippen MR) is 93.6 cm³/mol. The zero-order valence-corrected chi connectivity index (χ0v) is 13.7. The summed E-state index contributed by atoms with van der Waals surface area (Å²) in [6.07, 6.45) is 12.4. The van der Waals surface area contributed by atoms with Crippen molar-refractivity contribution in [2.45, 2.75) is 18.8 Å². The highest BCUT2D eigenvalue weighted by molar-refractivity contribution is 5.52. The summed E-state index contributed by atoms with van der Waals surface area (Å²) < 4.78 is 0. The first kappa shape index (κ1) is 15.4. The summed E-state index contributed by atoms with van der Waals surface area (Å²) in [7, 11) is 0. The van der Waals surface area contributed by atoms with Gasteiger partial charge < -0.3 is 10.2 Å². The molecule has 126 valence electrons. The van der Waals surface area contributed by atoms with Crippen LogP contribution in [0.15, 0.2) is 49.3 Å². The van der Waals surface area contributed by atoms with E-state index in [0.717, 1.165) is 37.6 Å². The van der Waals surface area contributed by atoms with Gasteiger partial charge in [0.05, 0.1) is 5.69 Å². The molecule has 1 atom stereocenters. The van der Waals surface area contributed by atoms with E-state index in [1.165, 1.54) is 0 Å². The summed E-state index contributed by atoms with van der Waals surface area (Å²) in [4.78, 5) is 28.4. The topological polar surface area (TPSA) is 92.6 Å². The van der Waals surface area contributed by atoms with Gasteiger partial charge in [0.15, 0.2) is 5.82 Å². The molecule has 0 aromatic carbocycles. The fourth-order valence-electron chi connectivity index (χ4n) is 3.05. The Kier molecular flexibility index (Phi) is 4.40. The second-order valence-corrected chi connectivity index (χ2v) is 5.82. The lowest BCUT2D eigenvalue weighted by molar-refractivity contribution is 0.495. The number of nitrogens with one attached hydrogen (secondary N) is 1. The third-order valence-electron chi connectivity index (χ3n) is 4.17. The minimum absolute atomic E-state index is 0.248. The maximum atomic E-state index is 4.58. The Labute approximate surface area is 145 Å². The van der Waals surface area contributed by atoms with Gasteiger partial charge in [0, 0.05) is 56.2 Å². The lowest BCUT2D eigenvalue weighted by Crippen LogP contribution is -2.36. The van der Waals surface area contributed by atoms with E-state index in [1.54, 1.807) is 43.2 Å². The number of piperidine rings is 1. The highest BCUT2D eigenvalue weighted by atomic mass is 15.3. The van der Waals surface area contributed by atoms with Gasteiger partial charge in [-0.15, -0.1) is 0 Å². The monoisotopic (exact) mass is 334 g/mol. The van der Waals surface area contributed by atoms with Gasteiger partial charge in [0.1, 0.15) is 0 Å². The highest BCUT2D eigenvalue weighted by Gasteiger charge is 2.26. The fourth-order valence-corrected chi connectivity index (χ4v) is 3.05. The van der Waals surface area contributed by atoms with Crippen LogP contribution in [0.25, 0.3) is 0 Å². The molecule has 0 spiro atoms. The second-order valence-electron chi connectivity index (χ2n) is 5.82. The van der Waals surface area contributed by atoms with Crippen molar-refractivity contribution in [1.82, 2.24) is 29.9 Å². The molecule has 4 rings (SSSR count). The van der Waals surface area contributed by atoms with E-state index >= 15 is 0 Å². The second kappa shape index (κ2) is 7.16. The molecule has 1 N–H and O–H groups in total. The molecule has 8 nitrogen and oxygen atoms in total. The van der Waals surface area contributed by atoms with Gasteiger partial charge in [-0.25, -0.2) is 24.9 Å². The lowest BCUT2D eigenvalue weighted by atomic mass is 9.94. The van der Waals surface area contributed by atoms with Crippen molar-refractivity contribution in [2.75, 3.05) is 23.3 Å². The van der Waals surface area contributed by atoms with Crippen molar-refractivity contribution in [2.24, 2.45) is 0 Å². The third-order valence-corrected chi connectivity index (χ3v) is 4.17. The maximum Gasteiger partial charge on any atom is 0.228 e. The van der Waals surface area contributed by atoms with Crippen molar-refractivity contribution < 1.29 is 0 Å². The average molecular weight is 334 g/mol. The Bertz CT molecular complexity index is 811. The fraction of sp³-hybridized carbons (Fsp3) is 0.294. The summed E-state index contributed by atoms with van der Waals surface area (Å²) in [5.41, 5.74) is 0.926. The number of anilines is 3. The Morgan fingerprint density at radius 1 is 0.840 bits per heavy atom. The molecule has 0 bridgehead atoms. The molecule has 1 aliphatic heterocycles. The van der Waals surface area contributed by atoms with Crippen molar-refractivity contribution in [3.8, 4) is 0 Å². The van der Waals surface area contributed by atoms with E-state index in [9.17, 15) is 0 Å². The standard InChI is InChI=1S/C17H18N8/c1-4-13(12-25(11-1)17-22-7-3-8-23-17)14-15(19-10-9-18-14)24-16-20-5-2-6-21-16/h2-3,5-10,13H,1,4,11-12H2,(H,19,20,21,24). The molecule has 8 heteroatoms. The average Bonchev–Trinajstić information content (AvgIpc) is 2.70. The van der Waals surface area contributed by atoms with E-state index in [2.05, 4.69) is 40.1 Å². The van der Waals surface area contributed by atoms with Gasteiger partial charge >= 0.3 is 0 Å². The van der Waals surface area contributed by atoms with Gasteiger partial charge in [0.25, 0.3) is 0 Å². The van der Waals surface area contributed by atoms with Gasteiger partial charge in [-0.2, -0.15) is 0 Å². The molecule has 1 fully saturated rings. The van der Waals surface area contributed by atoms with E-state index in [-0.39, 0.29) is 5.92 Å². The van der Waals surface area contributed by atoms with Crippen LogP contribution in [-0.4, -0.2) is 43.0 Å². The zero-order chi connectivity index (χ0) is 16.9. The largest absolute Gasteiger partial charge is 0.340 e. The molecule has 3 aromatic rings. The molecular weight excluding hydrogens is 316 g/mol. The normalized spacial score (nSPS) is 17.3. The molecule has 0 radical (unpaired) electrons. The maximum absolute atomic E-state index is 4.58. The van der Waals surface area contributed by atoms with Crippen molar-refractivity contribution in [1.29, 1.82) is 0 Å². The van der Waals surface area contributed by atoms with E-state index < -0.39 is 0 Å². The Morgan fingerprint density at radius 3 is 2.36 bits per heavy atom. The van der Waals surface area contributed by atoms with Crippen LogP contribution in [0.1, 0.15) is 24.5 Å². The minimum Gasteiger partial charge on any atom is -0.340 e. The van der Waals surface area contributed by atoms with Crippen LogP contribution in [-0.2, 0) is 0 Å². The van der Waals surface area contributed by atoms with Crippen molar-refractivity contribution in [3.63, 3.8) is 0 Å². The lowest BCUT2D eigenvalue weighted by Gasteiger charge is -2.32. The van der Waals surface area contributed by atoms with Crippen LogP contribution in [0.2, 0.25) is 0 Å². The Hall–Kier alpha value is -3.16. The van der Waals surface area contributed by atoms with Crippen LogP contribution < -0.4 is 10.2 Å². The number of hydrogen-bond donors (Lipinski definition) is 1. The number of rotatable bonds is 4. The quantitative estimate of drug-likeness (QED) is 0.776. The first-order chi connectivity index (χ1) is 12.4. The van der Waals surface area contributed by atoms with Crippen LogP contribution in [0.3, 0.4) is 0 Å². The van der Waals surface area contributed by atoms with Crippen molar-refractivity contribution in [3.05, 3.63) is 55.0 Å². The molecular formula is C17H18N8. The first-order valence-corrected chi connectivity index (χ1v) is 8.27. The van der Waals surface area contributed by atoms with Crippen LogP contribution in [0.4, 0.5) is 17.7 Å². The first-order valence-electron chi connectivity index (χ1n) is 8.27. The number of hydrogen-bond acceptors (Lipinski definition) is 8. The van der Waals surface area contributed by atoms with E-state index in [1.807, 2.05) is 6.07 Å². The Morgan fingerprint density at radius 2 is 1.56 bits per heavy atom. The van der Waals surface area contributed by atoms with Crippen LogP contribution in [0.5, 0.6) is 0 Å². The SMILES string of the molecule is c1cnc(Nc2nccnc2C2CCCN(c3ncccn3)C2)nc1. The zero-order valence-electron chi connectivity index (χ0n) is 13.7. The van der Waals surface area contributed by atoms with Crippen molar-refractivity contribution >= 4 is 17.7 Å². The van der Waals surface area contributed by atoms with Gasteiger partial charge in [-0.05, 0) is 25.0 Å². The van der Waals surface area contributed by atoms with Crippen LogP contribution in [0, 0.1) is 0 Å². The molecule has 25 heavy (non-hydrogen) atoms. The third kappa shape index (κ3) is 3.52. The number of aromatic nitrogens is 6. The number of nitrogens with zero attached hydrogens (tertiary/aromatic N) is 7. The van der Waals surface area contributed by atoms with E-state index in [4.69, 9.17) is 0 Å². The van der Waals surface area contributed by atoms with Crippen LogP contribution >= 0.6 is 0 Å². The molecule has 3 aromatic heterocycles. The molecule has 4 heterocycles. The predicted octanol–water partition coefficient (Wildman–Crippen LogP) is 2.18. The summed E-state index contributed by atoms with van der Waals surface area (Å²) in [6, 6.07) is 3.61. The van der Waals surface area contributed by atoms with Gasteiger partial charge in [-0.3, -0.25) is 4.98 Å². The summed E-state index contributed by atoms with van der Waals surface area (Å²) >= 11 is 0. The molecule has 1 aliphatic rings. The molecule has 1 saturated heterocycles. The van der Waals surface area contributed by atoms with Gasteiger partial charge in [-0.1, -0.05) is 0 Å². The Balaban J connectivity index is 1.57.